The predicted molar refractivity (Wildman–Crippen MR) is 92.4 cm³/mol. The Balaban J connectivity index is 1.72. The van der Waals surface area contributed by atoms with Gasteiger partial charge in [-0.2, -0.15) is 0 Å². The normalized spacial score (nSPS) is 15.9. The molecule has 3 N–H and O–H groups in total. The summed E-state index contributed by atoms with van der Waals surface area (Å²) in [7, 11) is 0. The molecule has 0 saturated heterocycles. The molecule has 0 aliphatic heterocycles. The number of benzene rings is 2. The lowest BCUT2D eigenvalue weighted by molar-refractivity contribution is -0.123. The molecular weight excluding hydrogens is 340 g/mol. The molecule has 4 heteroatoms. The van der Waals surface area contributed by atoms with Crippen molar-refractivity contribution < 1.29 is 4.79 Å². The Kier molecular flexibility index (Phi) is 4.21. The molecule has 0 unspecified atom stereocenters. The third-order valence-corrected chi connectivity index (χ3v) is 4.80. The first kappa shape index (κ1) is 15.1. The highest BCUT2D eigenvalue weighted by atomic mass is 79.9. The van der Waals surface area contributed by atoms with Gasteiger partial charge in [0.05, 0.1) is 12.0 Å². The highest BCUT2D eigenvalue weighted by Gasteiger charge is 2.39. The number of nitrogen functional groups attached to an aromatic ring is 1. The van der Waals surface area contributed by atoms with Gasteiger partial charge >= 0.3 is 0 Å². The average molecular weight is 359 g/mol. The fraction of sp³-hybridized carbons (Fsp3) is 0.278. The molecule has 22 heavy (non-hydrogen) atoms. The number of amides is 1. The van der Waals surface area contributed by atoms with Crippen LogP contribution in [-0.4, -0.2) is 5.91 Å². The van der Waals surface area contributed by atoms with E-state index in [1.807, 2.05) is 36.4 Å². The lowest BCUT2D eigenvalue weighted by Gasteiger charge is -2.43. The summed E-state index contributed by atoms with van der Waals surface area (Å²) in [4.78, 5) is 12.4. The molecule has 3 rings (SSSR count). The van der Waals surface area contributed by atoms with E-state index in [4.69, 9.17) is 5.73 Å². The second kappa shape index (κ2) is 6.13. The van der Waals surface area contributed by atoms with Gasteiger partial charge in [0.2, 0.25) is 5.91 Å². The minimum Gasteiger partial charge on any atom is -0.399 e. The van der Waals surface area contributed by atoms with E-state index >= 15 is 0 Å². The number of rotatable bonds is 4. The number of carbonyl (C=O) groups excluding carboxylic acids is 1. The van der Waals surface area contributed by atoms with Crippen LogP contribution in [0.25, 0.3) is 0 Å². The number of anilines is 1. The van der Waals surface area contributed by atoms with Gasteiger partial charge in [-0.05, 0) is 54.7 Å². The molecule has 0 spiro atoms. The number of nitrogens with two attached hydrogens (primary N) is 1. The highest BCUT2D eigenvalue weighted by Crippen LogP contribution is 2.41. The van der Waals surface area contributed by atoms with Gasteiger partial charge in [0.25, 0.3) is 0 Å². The van der Waals surface area contributed by atoms with Crippen molar-refractivity contribution in [2.24, 2.45) is 0 Å². The van der Waals surface area contributed by atoms with Gasteiger partial charge in [0.15, 0.2) is 0 Å². The van der Waals surface area contributed by atoms with Crippen LogP contribution in [-0.2, 0) is 16.8 Å². The van der Waals surface area contributed by atoms with Crippen LogP contribution in [0, 0.1) is 0 Å². The monoisotopic (exact) mass is 358 g/mol. The summed E-state index contributed by atoms with van der Waals surface area (Å²) < 4.78 is 1.05. The van der Waals surface area contributed by atoms with E-state index in [0.717, 1.165) is 29.3 Å². The summed E-state index contributed by atoms with van der Waals surface area (Å²) in [6.07, 6.45) is 3.53. The molecule has 1 fully saturated rings. The molecule has 1 saturated carbocycles. The van der Waals surface area contributed by atoms with E-state index in [0.29, 0.717) is 12.1 Å². The summed E-state index contributed by atoms with van der Waals surface area (Å²) >= 11 is 3.51. The van der Waals surface area contributed by atoms with Crippen LogP contribution in [0.5, 0.6) is 0 Å². The molecule has 1 amide bonds. The molecule has 0 bridgehead atoms. The second-order valence-electron chi connectivity index (χ2n) is 5.91. The van der Waals surface area contributed by atoms with Crippen molar-refractivity contribution in [2.45, 2.75) is 31.2 Å². The van der Waals surface area contributed by atoms with Crippen molar-refractivity contribution in [1.29, 1.82) is 0 Å². The Morgan fingerprint density at radius 2 is 1.91 bits per heavy atom. The molecule has 2 aromatic carbocycles. The molecule has 1 aliphatic rings. The SMILES string of the molecule is Nc1ccc(CC(=O)NC2(c3cccc(Br)c3)CCC2)cc1. The van der Waals surface area contributed by atoms with Crippen LogP contribution in [0.15, 0.2) is 53.0 Å². The van der Waals surface area contributed by atoms with Crippen LogP contribution < -0.4 is 11.1 Å². The first-order valence-electron chi connectivity index (χ1n) is 7.49. The van der Waals surface area contributed by atoms with E-state index in [1.165, 1.54) is 5.56 Å². The third kappa shape index (κ3) is 3.17. The Morgan fingerprint density at radius 1 is 1.18 bits per heavy atom. The van der Waals surface area contributed by atoms with Crippen LogP contribution in [0.3, 0.4) is 0 Å². The largest absolute Gasteiger partial charge is 0.399 e. The molecule has 0 atom stereocenters. The fourth-order valence-electron chi connectivity index (χ4n) is 2.93. The molecule has 1 aliphatic carbocycles. The summed E-state index contributed by atoms with van der Waals surface area (Å²) in [6.45, 7) is 0. The van der Waals surface area contributed by atoms with Crippen molar-refractivity contribution in [3.05, 3.63) is 64.1 Å². The summed E-state index contributed by atoms with van der Waals surface area (Å²) in [5.41, 5.74) is 8.35. The smallest absolute Gasteiger partial charge is 0.225 e. The van der Waals surface area contributed by atoms with E-state index in [-0.39, 0.29) is 11.4 Å². The van der Waals surface area contributed by atoms with E-state index in [2.05, 4.69) is 33.4 Å². The maximum atomic E-state index is 12.4. The molecule has 0 heterocycles. The van der Waals surface area contributed by atoms with Crippen LogP contribution in [0.1, 0.15) is 30.4 Å². The summed E-state index contributed by atoms with van der Waals surface area (Å²) in [5, 5.41) is 3.25. The van der Waals surface area contributed by atoms with Gasteiger partial charge in [0, 0.05) is 10.2 Å². The fourth-order valence-corrected chi connectivity index (χ4v) is 3.33. The number of carbonyl (C=O) groups is 1. The lowest BCUT2D eigenvalue weighted by atomic mass is 9.71. The van der Waals surface area contributed by atoms with Gasteiger partial charge in [0.1, 0.15) is 0 Å². The molecule has 3 nitrogen and oxygen atoms in total. The molecular formula is C18H19BrN2O. The van der Waals surface area contributed by atoms with E-state index in [1.54, 1.807) is 0 Å². The summed E-state index contributed by atoms with van der Waals surface area (Å²) in [6, 6.07) is 15.7. The van der Waals surface area contributed by atoms with Crippen LogP contribution in [0.2, 0.25) is 0 Å². The van der Waals surface area contributed by atoms with Crippen LogP contribution in [0.4, 0.5) is 5.69 Å². The van der Waals surface area contributed by atoms with Crippen LogP contribution >= 0.6 is 15.9 Å². The first-order chi connectivity index (χ1) is 10.6. The number of nitrogens with one attached hydrogen (secondary N) is 1. The zero-order chi connectivity index (χ0) is 15.6. The third-order valence-electron chi connectivity index (χ3n) is 4.31. The van der Waals surface area contributed by atoms with Crippen molar-refractivity contribution in [3.8, 4) is 0 Å². The van der Waals surface area contributed by atoms with Crippen molar-refractivity contribution >= 4 is 27.5 Å². The minimum absolute atomic E-state index is 0.0597. The number of hydrogen-bond acceptors (Lipinski definition) is 2. The average Bonchev–Trinajstić information content (AvgIpc) is 2.45. The zero-order valence-corrected chi connectivity index (χ0v) is 13.9. The standard InChI is InChI=1S/C18H19BrN2O/c19-15-4-1-3-14(12-15)18(9-2-10-18)21-17(22)11-13-5-7-16(20)8-6-13/h1,3-8,12H,2,9-11,20H2,(H,21,22). The molecule has 0 aromatic heterocycles. The molecule has 2 aromatic rings. The Hall–Kier alpha value is -1.81. The Labute approximate surface area is 139 Å². The van der Waals surface area contributed by atoms with E-state index in [9.17, 15) is 4.79 Å². The zero-order valence-electron chi connectivity index (χ0n) is 12.3. The lowest BCUT2D eigenvalue weighted by Crippen LogP contribution is -2.51. The van der Waals surface area contributed by atoms with Crippen molar-refractivity contribution in [1.82, 2.24) is 5.32 Å². The Morgan fingerprint density at radius 3 is 2.50 bits per heavy atom. The summed E-state index contributed by atoms with van der Waals surface area (Å²) in [5.74, 6) is 0.0597. The van der Waals surface area contributed by atoms with Gasteiger partial charge < -0.3 is 11.1 Å². The Bertz CT molecular complexity index is 678. The number of hydrogen-bond donors (Lipinski definition) is 2. The maximum Gasteiger partial charge on any atom is 0.225 e. The first-order valence-corrected chi connectivity index (χ1v) is 8.28. The topological polar surface area (TPSA) is 55.1 Å². The van der Waals surface area contributed by atoms with Crippen molar-refractivity contribution in [3.63, 3.8) is 0 Å². The van der Waals surface area contributed by atoms with Gasteiger partial charge in [-0.1, -0.05) is 40.2 Å². The predicted octanol–water partition coefficient (Wildman–Crippen LogP) is 3.77. The molecule has 114 valence electrons. The van der Waals surface area contributed by atoms with Gasteiger partial charge in [-0.3, -0.25) is 4.79 Å². The minimum atomic E-state index is -0.200. The van der Waals surface area contributed by atoms with Gasteiger partial charge in [-0.25, -0.2) is 0 Å². The van der Waals surface area contributed by atoms with E-state index < -0.39 is 0 Å². The number of halogens is 1. The van der Waals surface area contributed by atoms with Gasteiger partial charge in [-0.15, -0.1) is 0 Å². The quantitative estimate of drug-likeness (QED) is 0.817. The van der Waals surface area contributed by atoms with Crippen molar-refractivity contribution in [2.75, 3.05) is 5.73 Å². The molecule has 0 radical (unpaired) electrons. The maximum absolute atomic E-state index is 12.4. The highest BCUT2D eigenvalue weighted by molar-refractivity contribution is 9.10. The second-order valence-corrected chi connectivity index (χ2v) is 6.83.